The molecule has 0 aliphatic heterocycles. The molecule has 10 heavy (non-hydrogen) atoms. The second kappa shape index (κ2) is 2.81. The average molecular weight is 141 g/mol. The highest BCUT2D eigenvalue weighted by Crippen LogP contribution is 2.06. The Labute approximate surface area is 59.1 Å². The quantitative estimate of drug-likeness (QED) is 0.529. The summed E-state index contributed by atoms with van der Waals surface area (Å²) in [6.07, 6.45) is 0.980. The number of aryl methyl sites for hydroxylation is 1. The lowest BCUT2D eigenvalue weighted by molar-refractivity contribution is 0.182. The fraction of sp³-hybridized carbons (Fsp3) is 0.500. The monoisotopic (exact) mass is 141 g/mol. The molecular formula is C6H11N3O. The van der Waals surface area contributed by atoms with Gasteiger partial charge in [0.25, 0.3) is 0 Å². The number of H-pyrrole nitrogens is 1. The molecular weight excluding hydrogens is 130 g/mol. The summed E-state index contributed by atoms with van der Waals surface area (Å²) in [6, 6.07) is 0. The van der Waals surface area contributed by atoms with E-state index < -0.39 is 6.10 Å². The van der Waals surface area contributed by atoms with Crippen molar-refractivity contribution in [2.75, 3.05) is 6.54 Å². The van der Waals surface area contributed by atoms with Crippen molar-refractivity contribution in [3.05, 3.63) is 17.7 Å². The smallest absolute Gasteiger partial charge is 0.107 e. The molecule has 4 heteroatoms. The van der Waals surface area contributed by atoms with Gasteiger partial charge in [-0.15, -0.1) is 0 Å². The van der Waals surface area contributed by atoms with Gasteiger partial charge in [0.05, 0.1) is 11.9 Å². The molecule has 0 aliphatic rings. The number of rotatable bonds is 2. The first kappa shape index (κ1) is 7.24. The topological polar surface area (TPSA) is 74.9 Å². The summed E-state index contributed by atoms with van der Waals surface area (Å²) in [6.45, 7) is 2.05. The molecule has 1 heterocycles. The molecule has 0 fully saturated rings. The summed E-state index contributed by atoms with van der Waals surface area (Å²) in [5.41, 5.74) is 5.90. The van der Waals surface area contributed by atoms with Crippen molar-refractivity contribution in [3.8, 4) is 0 Å². The Bertz CT molecular complexity index is 209. The lowest BCUT2D eigenvalue weighted by atomic mass is 10.3. The first-order valence-corrected chi connectivity index (χ1v) is 3.13. The number of nitrogens with two attached hydrogens (primary N) is 1. The second-order valence-corrected chi connectivity index (χ2v) is 2.18. The lowest BCUT2D eigenvalue weighted by Gasteiger charge is -2.01. The van der Waals surface area contributed by atoms with Gasteiger partial charge < -0.3 is 15.8 Å². The van der Waals surface area contributed by atoms with Crippen molar-refractivity contribution in [2.45, 2.75) is 13.0 Å². The molecule has 1 aromatic heterocycles. The van der Waals surface area contributed by atoms with Gasteiger partial charge in [-0.3, -0.25) is 0 Å². The molecule has 0 radical (unpaired) electrons. The normalized spacial score (nSPS) is 13.5. The molecule has 1 unspecified atom stereocenters. The molecule has 0 amide bonds. The van der Waals surface area contributed by atoms with E-state index in [9.17, 15) is 0 Å². The van der Waals surface area contributed by atoms with Crippen molar-refractivity contribution in [2.24, 2.45) is 5.73 Å². The van der Waals surface area contributed by atoms with Crippen LogP contribution >= 0.6 is 0 Å². The summed E-state index contributed by atoms with van der Waals surface area (Å²) >= 11 is 0. The van der Waals surface area contributed by atoms with E-state index in [1.807, 2.05) is 6.92 Å². The highest BCUT2D eigenvalue weighted by Gasteiger charge is 2.05. The largest absolute Gasteiger partial charge is 0.386 e. The number of hydrogen-bond donors (Lipinski definition) is 3. The highest BCUT2D eigenvalue weighted by atomic mass is 16.3. The van der Waals surface area contributed by atoms with E-state index in [4.69, 9.17) is 10.8 Å². The van der Waals surface area contributed by atoms with Crippen LogP contribution in [0.4, 0.5) is 0 Å². The van der Waals surface area contributed by atoms with E-state index in [0.717, 1.165) is 5.82 Å². The van der Waals surface area contributed by atoms with Gasteiger partial charge in [-0.2, -0.15) is 0 Å². The third-order valence-electron chi connectivity index (χ3n) is 1.30. The van der Waals surface area contributed by atoms with Gasteiger partial charge in [0.1, 0.15) is 11.9 Å². The van der Waals surface area contributed by atoms with Crippen molar-refractivity contribution in [3.63, 3.8) is 0 Å². The first-order valence-electron chi connectivity index (χ1n) is 3.13. The fourth-order valence-electron chi connectivity index (χ4n) is 0.736. The fourth-order valence-corrected chi connectivity index (χ4v) is 0.736. The minimum Gasteiger partial charge on any atom is -0.386 e. The van der Waals surface area contributed by atoms with Gasteiger partial charge in [-0.1, -0.05) is 0 Å². The van der Waals surface area contributed by atoms with Crippen LogP contribution in [0.3, 0.4) is 0 Å². The predicted molar refractivity (Wildman–Crippen MR) is 37.3 cm³/mol. The van der Waals surface area contributed by atoms with Crippen LogP contribution in [0.2, 0.25) is 0 Å². The minimum atomic E-state index is -0.610. The average Bonchev–Trinajstić information content (AvgIpc) is 2.34. The number of aliphatic hydroxyl groups is 1. The summed E-state index contributed by atoms with van der Waals surface area (Å²) in [5, 5.41) is 9.15. The Kier molecular flexibility index (Phi) is 2.03. The molecule has 0 aromatic carbocycles. The first-order chi connectivity index (χ1) is 4.74. The minimum absolute atomic E-state index is 0.224. The molecule has 0 aliphatic carbocycles. The number of aromatic nitrogens is 2. The van der Waals surface area contributed by atoms with Gasteiger partial charge in [0.15, 0.2) is 0 Å². The Hall–Kier alpha value is -0.870. The van der Waals surface area contributed by atoms with E-state index in [2.05, 4.69) is 9.97 Å². The van der Waals surface area contributed by atoms with Gasteiger partial charge in [-0.05, 0) is 6.92 Å². The van der Waals surface area contributed by atoms with Crippen LogP contribution in [0.15, 0.2) is 6.20 Å². The maximum atomic E-state index is 9.15. The molecule has 1 atom stereocenters. The Balaban J connectivity index is 2.74. The van der Waals surface area contributed by atoms with Gasteiger partial charge >= 0.3 is 0 Å². The van der Waals surface area contributed by atoms with E-state index >= 15 is 0 Å². The Morgan fingerprint density at radius 2 is 2.60 bits per heavy atom. The van der Waals surface area contributed by atoms with E-state index in [1.165, 1.54) is 0 Å². The number of aliphatic hydroxyl groups excluding tert-OH is 1. The predicted octanol–water partition coefficient (Wildman–Crippen LogP) is -0.290. The zero-order valence-corrected chi connectivity index (χ0v) is 5.83. The highest BCUT2D eigenvalue weighted by molar-refractivity contribution is 5.03. The maximum absolute atomic E-state index is 9.15. The van der Waals surface area contributed by atoms with Gasteiger partial charge in [0.2, 0.25) is 0 Å². The van der Waals surface area contributed by atoms with Crippen molar-refractivity contribution in [1.29, 1.82) is 0 Å². The van der Waals surface area contributed by atoms with Crippen LogP contribution in [0, 0.1) is 6.92 Å². The maximum Gasteiger partial charge on any atom is 0.107 e. The summed E-state index contributed by atoms with van der Waals surface area (Å²) in [7, 11) is 0. The molecule has 4 N–H and O–H groups in total. The van der Waals surface area contributed by atoms with Crippen molar-refractivity contribution < 1.29 is 5.11 Å². The van der Waals surface area contributed by atoms with Gasteiger partial charge in [-0.25, -0.2) is 4.98 Å². The molecule has 1 aromatic rings. The number of imidazole rings is 1. The van der Waals surface area contributed by atoms with Crippen molar-refractivity contribution >= 4 is 0 Å². The van der Waals surface area contributed by atoms with Crippen LogP contribution < -0.4 is 5.73 Å². The number of nitrogens with one attached hydrogen (secondary N) is 1. The van der Waals surface area contributed by atoms with Crippen LogP contribution in [0.25, 0.3) is 0 Å². The van der Waals surface area contributed by atoms with Crippen LogP contribution in [0.1, 0.15) is 17.6 Å². The number of aromatic amines is 1. The third kappa shape index (κ3) is 1.34. The van der Waals surface area contributed by atoms with E-state index in [0.29, 0.717) is 5.69 Å². The van der Waals surface area contributed by atoms with Gasteiger partial charge in [0, 0.05) is 6.54 Å². The van der Waals surface area contributed by atoms with Crippen LogP contribution in [-0.4, -0.2) is 21.6 Å². The van der Waals surface area contributed by atoms with E-state index in [-0.39, 0.29) is 6.54 Å². The summed E-state index contributed by atoms with van der Waals surface area (Å²) in [4.78, 5) is 6.80. The Morgan fingerprint density at radius 3 is 3.00 bits per heavy atom. The molecule has 56 valence electrons. The summed E-state index contributed by atoms with van der Waals surface area (Å²) in [5.74, 6) is 0.794. The number of hydrogen-bond acceptors (Lipinski definition) is 3. The SMILES string of the molecule is Cc1ncc(C(O)CN)[nH]1. The van der Waals surface area contributed by atoms with Crippen LogP contribution in [0.5, 0.6) is 0 Å². The van der Waals surface area contributed by atoms with Crippen LogP contribution in [-0.2, 0) is 0 Å². The molecule has 1 rings (SSSR count). The third-order valence-corrected chi connectivity index (χ3v) is 1.30. The summed E-state index contributed by atoms with van der Waals surface area (Å²) < 4.78 is 0. The zero-order chi connectivity index (χ0) is 7.56. The molecule has 0 saturated heterocycles. The zero-order valence-electron chi connectivity index (χ0n) is 5.83. The van der Waals surface area contributed by atoms with Crippen molar-refractivity contribution in [1.82, 2.24) is 9.97 Å². The van der Waals surface area contributed by atoms with E-state index in [1.54, 1.807) is 6.20 Å². The number of nitrogens with zero attached hydrogens (tertiary/aromatic N) is 1. The second-order valence-electron chi connectivity index (χ2n) is 2.18. The Morgan fingerprint density at radius 1 is 1.90 bits per heavy atom. The molecule has 4 nitrogen and oxygen atoms in total. The standard InChI is InChI=1S/C6H11N3O/c1-4-8-3-5(9-4)6(10)2-7/h3,6,10H,2,7H2,1H3,(H,8,9). The molecule has 0 saturated carbocycles. The molecule has 0 bridgehead atoms. The molecule has 0 spiro atoms. The lowest BCUT2D eigenvalue weighted by Crippen LogP contribution is -2.11.